The fraction of sp³-hybridized carbons (Fsp3) is 0.0588. The second-order valence-corrected chi connectivity index (χ2v) is 5.34. The highest BCUT2D eigenvalue weighted by Crippen LogP contribution is 2.29. The second-order valence-electron chi connectivity index (χ2n) is 5.34. The number of alkyl halides is 3. The molecule has 0 fully saturated rings. The molecule has 0 bridgehead atoms. The van der Waals surface area contributed by atoms with Gasteiger partial charge in [0.15, 0.2) is 5.65 Å². The van der Waals surface area contributed by atoms with Gasteiger partial charge in [-0.2, -0.15) is 13.2 Å². The first-order valence-corrected chi connectivity index (χ1v) is 7.48. The van der Waals surface area contributed by atoms with Gasteiger partial charge in [0.2, 0.25) is 5.82 Å². The third-order valence-electron chi connectivity index (χ3n) is 3.57. The molecule has 0 spiro atoms. The Hall–Kier alpha value is -3.49. The lowest BCUT2D eigenvalue weighted by Gasteiger charge is -2.07. The molecule has 6 nitrogen and oxygen atoms in total. The zero-order chi connectivity index (χ0) is 18.1. The summed E-state index contributed by atoms with van der Waals surface area (Å²) in [4.78, 5) is 8.19. The maximum atomic E-state index is 13.0. The van der Waals surface area contributed by atoms with Crippen LogP contribution in [0.25, 0.3) is 16.8 Å². The van der Waals surface area contributed by atoms with Crippen molar-refractivity contribution in [1.82, 2.24) is 24.6 Å². The van der Waals surface area contributed by atoms with Crippen molar-refractivity contribution in [2.75, 3.05) is 0 Å². The summed E-state index contributed by atoms with van der Waals surface area (Å²) < 4.78 is 45.3. The maximum Gasteiger partial charge on any atom is 0.452 e. The number of pyridine rings is 1. The van der Waals surface area contributed by atoms with E-state index in [-0.39, 0.29) is 11.7 Å². The number of aromatic nitrogens is 5. The number of fused-ring (bicyclic) bond motifs is 1. The molecule has 4 rings (SSSR count). The summed E-state index contributed by atoms with van der Waals surface area (Å²) in [5.74, 6) is -0.500. The molecule has 0 aliphatic heterocycles. The van der Waals surface area contributed by atoms with Crippen LogP contribution in [0, 0.1) is 0 Å². The van der Waals surface area contributed by atoms with Gasteiger partial charge in [-0.05, 0) is 24.3 Å². The predicted molar refractivity (Wildman–Crippen MR) is 85.5 cm³/mol. The van der Waals surface area contributed by atoms with E-state index >= 15 is 0 Å². The maximum absolute atomic E-state index is 13.0. The van der Waals surface area contributed by atoms with Crippen molar-refractivity contribution in [3.63, 3.8) is 0 Å². The Morgan fingerprint density at radius 3 is 2.27 bits per heavy atom. The number of halogens is 3. The van der Waals surface area contributed by atoms with Gasteiger partial charge in [-0.3, -0.25) is 4.40 Å². The zero-order valence-electron chi connectivity index (χ0n) is 13.1. The minimum Gasteiger partial charge on any atom is -0.424 e. The van der Waals surface area contributed by atoms with Crippen LogP contribution in [-0.2, 0) is 6.18 Å². The average Bonchev–Trinajstić information content (AvgIpc) is 3.07. The number of benzene rings is 1. The highest BCUT2D eigenvalue weighted by molar-refractivity contribution is 5.63. The summed E-state index contributed by atoms with van der Waals surface area (Å²) in [6, 6.07) is 12.2. The van der Waals surface area contributed by atoms with Crippen molar-refractivity contribution in [1.29, 1.82) is 0 Å². The van der Waals surface area contributed by atoms with Gasteiger partial charge in [0.25, 0.3) is 0 Å². The van der Waals surface area contributed by atoms with E-state index in [9.17, 15) is 13.2 Å². The quantitative estimate of drug-likeness (QED) is 0.555. The van der Waals surface area contributed by atoms with Crippen molar-refractivity contribution in [2.45, 2.75) is 6.18 Å². The van der Waals surface area contributed by atoms with E-state index < -0.39 is 12.0 Å². The van der Waals surface area contributed by atoms with Gasteiger partial charge in [0, 0.05) is 29.7 Å². The van der Waals surface area contributed by atoms with Gasteiger partial charge < -0.3 is 4.74 Å². The molecule has 130 valence electrons. The molecule has 3 aromatic heterocycles. The van der Waals surface area contributed by atoms with Crippen molar-refractivity contribution in [3.8, 4) is 22.9 Å². The number of hydrogen-bond acceptors (Lipinski definition) is 5. The third kappa shape index (κ3) is 3.06. The van der Waals surface area contributed by atoms with Crippen LogP contribution in [0.15, 0.2) is 61.1 Å². The van der Waals surface area contributed by atoms with E-state index in [0.29, 0.717) is 16.9 Å². The Kier molecular flexibility index (Phi) is 3.76. The van der Waals surface area contributed by atoms with E-state index in [2.05, 4.69) is 20.2 Å². The van der Waals surface area contributed by atoms with E-state index in [1.807, 2.05) is 18.2 Å². The Bertz CT molecular complexity index is 1050. The molecule has 26 heavy (non-hydrogen) atoms. The minimum absolute atomic E-state index is 0.103. The van der Waals surface area contributed by atoms with Crippen LogP contribution in [0.2, 0.25) is 0 Å². The molecule has 1 aromatic carbocycles. The summed E-state index contributed by atoms with van der Waals surface area (Å²) in [5, 5.41) is 6.72. The van der Waals surface area contributed by atoms with Crippen LogP contribution in [0.5, 0.6) is 11.8 Å². The van der Waals surface area contributed by atoms with Crippen LogP contribution < -0.4 is 4.74 Å². The summed E-state index contributed by atoms with van der Waals surface area (Å²) >= 11 is 0. The summed E-state index contributed by atoms with van der Waals surface area (Å²) in [7, 11) is 0. The van der Waals surface area contributed by atoms with Crippen LogP contribution in [0.4, 0.5) is 13.2 Å². The van der Waals surface area contributed by atoms with E-state index in [1.165, 1.54) is 24.7 Å². The lowest BCUT2D eigenvalue weighted by molar-refractivity contribution is -0.145. The molecular weight excluding hydrogens is 347 g/mol. The van der Waals surface area contributed by atoms with Gasteiger partial charge in [-0.25, -0.2) is 9.97 Å². The average molecular weight is 357 g/mol. The Balaban J connectivity index is 1.65. The first-order chi connectivity index (χ1) is 12.5. The summed E-state index contributed by atoms with van der Waals surface area (Å²) in [5.41, 5.74) is 1.13. The van der Waals surface area contributed by atoms with E-state index in [4.69, 9.17) is 4.74 Å². The molecule has 0 saturated heterocycles. The number of ether oxygens (including phenoxy) is 1. The normalized spacial score (nSPS) is 11.7. The number of rotatable bonds is 3. The first-order valence-electron chi connectivity index (χ1n) is 7.48. The lowest BCUT2D eigenvalue weighted by Crippen LogP contribution is -2.10. The molecule has 3 heterocycles. The molecule has 0 aliphatic carbocycles. The molecule has 4 aromatic rings. The monoisotopic (exact) mass is 357 g/mol. The predicted octanol–water partition coefficient (Wildman–Crippen LogP) is 4.00. The number of hydrogen-bond donors (Lipinski definition) is 0. The van der Waals surface area contributed by atoms with Gasteiger partial charge in [0.1, 0.15) is 5.75 Å². The van der Waals surface area contributed by atoms with Gasteiger partial charge in [-0.1, -0.05) is 18.2 Å². The highest BCUT2D eigenvalue weighted by Gasteiger charge is 2.36. The molecule has 0 atom stereocenters. The third-order valence-corrected chi connectivity index (χ3v) is 3.57. The van der Waals surface area contributed by atoms with Crippen LogP contribution >= 0.6 is 0 Å². The molecule has 0 aliphatic rings. The van der Waals surface area contributed by atoms with Crippen LogP contribution in [0.3, 0.4) is 0 Å². The molecule has 0 saturated carbocycles. The van der Waals surface area contributed by atoms with Gasteiger partial charge >= 0.3 is 12.2 Å². The van der Waals surface area contributed by atoms with Crippen molar-refractivity contribution < 1.29 is 17.9 Å². The first kappa shape index (κ1) is 16.0. The van der Waals surface area contributed by atoms with Crippen LogP contribution in [-0.4, -0.2) is 24.6 Å². The summed E-state index contributed by atoms with van der Waals surface area (Å²) in [6.45, 7) is 0. The zero-order valence-corrected chi connectivity index (χ0v) is 13.1. The van der Waals surface area contributed by atoms with Gasteiger partial charge in [0.05, 0.1) is 0 Å². The smallest absolute Gasteiger partial charge is 0.424 e. The molecule has 0 amide bonds. The number of para-hydroxylation sites is 1. The largest absolute Gasteiger partial charge is 0.452 e. The summed E-state index contributed by atoms with van der Waals surface area (Å²) in [6.07, 6.45) is -0.343. The molecule has 9 heteroatoms. The van der Waals surface area contributed by atoms with E-state index in [1.54, 1.807) is 18.2 Å². The highest BCUT2D eigenvalue weighted by atomic mass is 19.4. The molecule has 0 unspecified atom stereocenters. The standard InChI is InChI=1S/C17H10F3N5O/c18-17(19,20)15-24-23-14-7-6-11(10-25(14)15)12-8-21-16(22-9-12)26-13-4-2-1-3-5-13/h1-10H. The van der Waals surface area contributed by atoms with Crippen LogP contribution in [0.1, 0.15) is 5.82 Å². The number of nitrogens with zero attached hydrogens (tertiary/aromatic N) is 5. The van der Waals surface area contributed by atoms with E-state index in [0.717, 1.165) is 4.40 Å². The fourth-order valence-electron chi connectivity index (χ4n) is 2.37. The topological polar surface area (TPSA) is 65.2 Å². The van der Waals surface area contributed by atoms with Crippen molar-refractivity contribution in [2.24, 2.45) is 0 Å². The lowest BCUT2D eigenvalue weighted by atomic mass is 10.1. The van der Waals surface area contributed by atoms with Crippen molar-refractivity contribution in [3.05, 3.63) is 66.9 Å². The fourth-order valence-corrected chi connectivity index (χ4v) is 2.37. The Labute approximate surface area is 144 Å². The second kappa shape index (κ2) is 6.10. The molecule has 0 radical (unpaired) electrons. The van der Waals surface area contributed by atoms with Crippen molar-refractivity contribution >= 4 is 5.65 Å². The van der Waals surface area contributed by atoms with Gasteiger partial charge in [-0.15, -0.1) is 10.2 Å². The SMILES string of the molecule is FC(F)(F)c1nnc2ccc(-c3cnc(Oc4ccccc4)nc3)cn12. The molecular formula is C17H10F3N5O. The minimum atomic E-state index is -4.60. The Morgan fingerprint density at radius 2 is 1.58 bits per heavy atom. The Morgan fingerprint density at radius 1 is 0.846 bits per heavy atom. The molecule has 0 N–H and O–H groups in total.